The molecular weight excluding hydrogens is 462 g/mol. The highest BCUT2D eigenvalue weighted by molar-refractivity contribution is 6.05. The normalized spacial score (nSPS) is 14.2. The van der Waals surface area contributed by atoms with Crippen LogP contribution in [0.3, 0.4) is 0 Å². The van der Waals surface area contributed by atoms with E-state index < -0.39 is 0 Å². The number of anilines is 2. The fourth-order valence-electron chi connectivity index (χ4n) is 5.09. The molecule has 1 aliphatic rings. The second kappa shape index (κ2) is 10.3. The first-order chi connectivity index (χ1) is 18.2. The molecule has 0 bridgehead atoms. The number of aromatic nitrogens is 5. The van der Waals surface area contributed by atoms with E-state index in [4.69, 9.17) is 0 Å². The molecule has 1 fully saturated rings. The molecule has 1 amide bonds. The number of hydrogen-bond donors (Lipinski definition) is 3. The lowest BCUT2D eigenvalue weighted by Crippen LogP contribution is -2.23. The maximum Gasteiger partial charge on any atom is 0.255 e. The van der Waals surface area contributed by atoms with Crippen LogP contribution >= 0.6 is 0 Å². The average molecular weight is 492 g/mol. The molecule has 0 saturated heterocycles. The van der Waals surface area contributed by atoms with Gasteiger partial charge in [-0.3, -0.25) is 19.9 Å². The van der Waals surface area contributed by atoms with Gasteiger partial charge in [0.05, 0.1) is 21.9 Å². The number of nitrogens with zero attached hydrogens (tertiary/aromatic N) is 4. The summed E-state index contributed by atoms with van der Waals surface area (Å²) in [6.07, 6.45) is 13.0. The summed E-state index contributed by atoms with van der Waals surface area (Å²) in [7, 11) is 0. The molecule has 8 heteroatoms. The van der Waals surface area contributed by atoms with E-state index in [9.17, 15) is 4.79 Å². The van der Waals surface area contributed by atoms with Gasteiger partial charge in [0, 0.05) is 41.6 Å². The van der Waals surface area contributed by atoms with Crippen molar-refractivity contribution in [3.05, 3.63) is 83.9 Å². The van der Waals surface area contributed by atoms with Crippen LogP contribution in [0.1, 0.15) is 53.7 Å². The zero-order valence-electron chi connectivity index (χ0n) is 20.6. The molecule has 0 atom stereocenters. The van der Waals surface area contributed by atoms with Gasteiger partial charge in [-0.25, -0.2) is 4.98 Å². The minimum Gasteiger partial charge on any atom is -0.367 e. The molecule has 1 saturated carbocycles. The number of pyridine rings is 1. The van der Waals surface area contributed by atoms with Gasteiger partial charge in [-0.2, -0.15) is 5.10 Å². The number of H-pyrrole nitrogens is 1. The summed E-state index contributed by atoms with van der Waals surface area (Å²) in [6.45, 7) is 0. The molecule has 3 heterocycles. The van der Waals surface area contributed by atoms with Crippen molar-refractivity contribution in [3.63, 3.8) is 0 Å². The van der Waals surface area contributed by atoms with Crippen LogP contribution in [-0.4, -0.2) is 37.1 Å². The lowest BCUT2D eigenvalue weighted by Gasteiger charge is -2.23. The van der Waals surface area contributed by atoms with Gasteiger partial charge in [-0.05, 0) is 67.6 Å². The molecule has 5 aromatic rings. The number of amides is 1. The Kier molecular flexibility index (Phi) is 6.45. The highest BCUT2D eigenvalue weighted by atomic mass is 16.1. The van der Waals surface area contributed by atoms with Gasteiger partial charge in [-0.1, -0.05) is 31.4 Å². The van der Waals surface area contributed by atoms with E-state index in [-0.39, 0.29) is 5.91 Å². The topological polar surface area (TPSA) is 108 Å². The van der Waals surface area contributed by atoms with Crippen molar-refractivity contribution < 1.29 is 4.79 Å². The minimum absolute atomic E-state index is 0.154. The van der Waals surface area contributed by atoms with Crippen molar-refractivity contribution >= 4 is 39.3 Å². The number of aromatic amines is 1. The van der Waals surface area contributed by atoms with Crippen molar-refractivity contribution in [1.29, 1.82) is 0 Å². The molecular formula is C29H29N7O. The number of benzene rings is 2. The maximum absolute atomic E-state index is 12.8. The molecule has 2 aromatic carbocycles. The number of nitrogens with one attached hydrogen (secondary N) is 3. The van der Waals surface area contributed by atoms with Gasteiger partial charge in [-0.15, -0.1) is 0 Å². The molecule has 6 rings (SSSR count). The summed E-state index contributed by atoms with van der Waals surface area (Å²) in [5, 5.41) is 15.5. The molecule has 186 valence electrons. The predicted octanol–water partition coefficient (Wildman–Crippen LogP) is 5.68. The molecule has 0 radical (unpaired) electrons. The number of rotatable bonds is 7. The molecule has 8 nitrogen and oxygen atoms in total. The Balaban J connectivity index is 1.12. The summed E-state index contributed by atoms with van der Waals surface area (Å²) in [6, 6.07) is 15.7. The van der Waals surface area contributed by atoms with Crippen LogP contribution < -0.4 is 10.6 Å². The molecule has 0 unspecified atom stereocenters. The van der Waals surface area contributed by atoms with E-state index in [2.05, 4.69) is 35.8 Å². The van der Waals surface area contributed by atoms with Crippen LogP contribution in [0.2, 0.25) is 0 Å². The van der Waals surface area contributed by atoms with Crippen molar-refractivity contribution in [2.24, 2.45) is 0 Å². The van der Waals surface area contributed by atoms with Gasteiger partial charge >= 0.3 is 0 Å². The summed E-state index contributed by atoms with van der Waals surface area (Å²) < 4.78 is 0. The highest BCUT2D eigenvalue weighted by Gasteiger charge is 2.17. The van der Waals surface area contributed by atoms with E-state index in [0.29, 0.717) is 17.3 Å². The number of aryl methyl sites for hydroxylation is 2. The summed E-state index contributed by atoms with van der Waals surface area (Å²) >= 11 is 0. The zero-order chi connectivity index (χ0) is 25.0. The van der Waals surface area contributed by atoms with Gasteiger partial charge in [0.1, 0.15) is 5.82 Å². The van der Waals surface area contributed by atoms with Gasteiger partial charge in [0.2, 0.25) is 0 Å². The van der Waals surface area contributed by atoms with E-state index in [1.54, 1.807) is 12.4 Å². The lowest BCUT2D eigenvalue weighted by atomic mass is 9.95. The molecule has 3 N–H and O–H groups in total. The van der Waals surface area contributed by atoms with Crippen molar-refractivity contribution in [1.82, 2.24) is 25.1 Å². The first-order valence-corrected chi connectivity index (χ1v) is 12.9. The SMILES string of the molecule is O=C(Nc1ccc2nccnc2c1)c1ccc(CCc2[nH]nc3ccnc(NC4CCCCC4)c23)cc1. The van der Waals surface area contributed by atoms with E-state index >= 15 is 0 Å². The predicted molar refractivity (Wildman–Crippen MR) is 146 cm³/mol. The van der Waals surface area contributed by atoms with Crippen LogP contribution in [0.25, 0.3) is 21.9 Å². The average Bonchev–Trinajstić information content (AvgIpc) is 3.37. The molecule has 0 spiro atoms. The van der Waals surface area contributed by atoms with Crippen molar-refractivity contribution in [3.8, 4) is 0 Å². The Morgan fingerprint density at radius 2 is 1.65 bits per heavy atom. The van der Waals surface area contributed by atoms with Crippen LogP contribution in [0, 0.1) is 0 Å². The number of hydrogen-bond acceptors (Lipinski definition) is 6. The van der Waals surface area contributed by atoms with Crippen LogP contribution in [-0.2, 0) is 12.8 Å². The fraction of sp³-hybridized carbons (Fsp3) is 0.276. The lowest BCUT2D eigenvalue weighted by molar-refractivity contribution is 0.102. The molecule has 0 aliphatic heterocycles. The molecule has 3 aromatic heterocycles. The summed E-state index contributed by atoms with van der Waals surface area (Å²) in [5.41, 5.74) is 6.03. The first kappa shape index (κ1) is 23.1. The number of carbonyl (C=O) groups excluding carboxylic acids is 1. The number of carbonyl (C=O) groups is 1. The van der Waals surface area contributed by atoms with Gasteiger partial charge in [0.25, 0.3) is 5.91 Å². The Morgan fingerprint density at radius 3 is 2.49 bits per heavy atom. The highest BCUT2D eigenvalue weighted by Crippen LogP contribution is 2.28. The monoisotopic (exact) mass is 491 g/mol. The second-order valence-corrected chi connectivity index (χ2v) is 9.65. The standard InChI is InChI=1S/C29H29N7O/c37-29(34-22-11-13-23-26(18-22)31-17-16-30-23)20-9-6-19(7-10-20)8-12-24-27-25(36-35-24)14-15-32-28(27)33-21-4-2-1-3-5-21/h6-7,9-11,13-18,21H,1-5,8,12H2,(H,32,33)(H,34,37)(H,35,36). The van der Waals surface area contributed by atoms with E-state index in [1.807, 2.05) is 54.7 Å². The first-order valence-electron chi connectivity index (χ1n) is 12.9. The summed E-state index contributed by atoms with van der Waals surface area (Å²) in [5.74, 6) is 0.777. The maximum atomic E-state index is 12.8. The third-order valence-electron chi connectivity index (χ3n) is 7.10. The van der Waals surface area contributed by atoms with Crippen LogP contribution in [0.5, 0.6) is 0 Å². The quantitative estimate of drug-likeness (QED) is 0.270. The Hall–Kier alpha value is -4.33. The third kappa shape index (κ3) is 5.14. The Morgan fingerprint density at radius 1 is 0.838 bits per heavy atom. The van der Waals surface area contributed by atoms with Crippen LogP contribution in [0.15, 0.2) is 67.1 Å². The minimum atomic E-state index is -0.154. The smallest absolute Gasteiger partial charge is 0.255 e. The third-order valence-corrected chi connectivity index (χ3v) is 7.10. The zero-order valence-corrected chi connectivity index (χ0v) is 20.6. The Bertz CT molecular complexity index is 1540. The molecule has 37 heavy (non-hydrogen) atoms. The summed E-state index contributed by atoms with van der Waals surface area (Å²) in [4.78, 5) is 26.0. The van der Waals surface area contributed by atoms with E-state index in [1.165, 1.54) is 32.1 Å². The van der Waals surface area contributed by atoms with Crippen LogP contribution in [0.4, 0.5) is 11.5 Å². The Labute approximate surface area is 215 Å². The fourth-order valence-corrected chi connectivity index (χ4v) is 5.09. The largest absolute Gasteiger partial charge is 0.367 e. The van der Waals surface area contributed by atoms with Gasteiger partial charge < -0.3 is 10.6 Å². The second-order valence-electron chi connectivity index (χ2n) is 9.65. The number of fused-ring (bicyclic) bond motifs is 2. The van der Waals surface area contributed by atoms with Gasteiger partial charge in [0.15, 0.2) is 0 Å². The van der Waals surface area contributed by atoms with Crippen molar-refractivity contribution in [2.75, 3.05) is 10.6 Å². The molecule has 1 aliphatic carbocycles. The van der Waals surface area contributed by atoms with E-state index in [0.717, 1.165) is 51.9 Å². The van der Waals surface area contributed by atoms with Crippen molar-refractivity contribution in [2.45, 2.75) is 51.0 Å².